The number of alkyl halides is 1. The molecule has 0 radical (unpaired) electrons. The largest absolute Gasteiger partial charge is 0.461 e. The van der Waals surface area contributed by atoms with Gasteiger partial charge in [-0.1, -0.05) is 17.7 Å². The summed E-state index contributed by atoms with van der Waals surface area (Å²) in [4.78, 5) is 11.0. The first kappa shape index (κ1) is 12.8. The molecule has 0 fully saturated rings. The summed E-state index contributed by atoms with van der Waals surface area (Å²) in [7, 11) is 0. The van der Waals surface area contributed by atoms with E-state index in [2.05, 4.69) is 4.74 Å². The summed E-state index contributed by atoms with van der Waals surface area (Å²) in [5.41, 5.74) is 0.857. The van der Waals surface area contributed by atoms with Crippen LogP contribution < -0.4 is 4.74 Å². The van der Waals surface area contributed by atoms with Crippen molar-refractivity contribution < 1.29 is 18.7 Å². The molecule has 0 heterocycles. The molecule has 0 saturated carbocycles. The van der Waals surface area contributed by atoms with Gasteiger partial charge in [0.15, 0.2) is 0 Å². The molecule has 0 aliphatic rings. The monoisotopic (exact) mass is 246 g/mol. The molecule has 1 aromatic rings. The van der Waals surface area contributed by atoms with Crippen LogP contribution in [0.2, 0.25) is 5.02 Å². The summed E-state index contributed by atoms with van der Waals surface area (Å²) >= 11 is 5.78. The third kappa shape index (κ3) is 3.38. The van der Waals surface area contributed by atoms with Crippen molar-refractivity contribution >= 4 is 17.6 Å². The summed E-state index contributed by atoms with van der Waals surface area (Å²) < 4.78 is 22.5. The van der Waals surface area contributed by atoms with Gasteiger partial charge in [-0.3, -0.25) is 0 Å². The highest BCUT2D eigenvalue weighted by Gasteiger charge is 2.21. The molecule has 0 N–H and O–H groups in total. The van der Waals surface area contributed by atoms with Crippen molar-refractivity contribution in [2.45, 2.75) is 20.2 Å². The molecule has 1 aromatic carbocycles. The number of halogens is 2. The second-order valence-corrected chi connectivity index (χ2v) is 3.53. The Bertz CT molecular complexity index is 381. The van der Waals surface area contributed by atoms with E-state index in [1.54, 1.807) is 32.0 Å². The van der Waals surface area contributed by atoms with E-state index in [-0.39, 0.29) is 17.4 Å². The van der Waals surface area contributed by atoms with Gasteiger partial charge in [-0.25, -0.2) is 4.79 Å². The SMILES string of the molecule is CCOC(=O)C(F)Oc1cc(C)ccc1Cl. The Hall–Kier alpha value is -1.29. The van der Waals surface area contributed by atoms with Crippen LogP contribution in [0.15, 0.2) is 18.2 Å². The summed E-state index contributed by atoms with van der Waals surface area (Å²) in [5.74, 6) is -0.928. The van der Waals surface area contributed by atoms with Gasteiger partial charge in [0.1, 0.15) is 5.75 Å². The Labute approximate surface area is 98.1 Å². The van der Waals surface area contributed by atoms with Crippen LogP contribution >= 0.6 is 11.6 Å². The van der Waals surface area contributed by atoms with E-state index in [1.807, 2.05) is 0 Å². The van der Waals surface area contributed by atoms with Gasteiger partial charge < -0.3 is 9.47 Å². The van der Waals surface area contributed by atoms with Crippen LogP contribution in [0.1, 0.15) is 12.5 Å². The highest BCUT2D eigenvalue weighted by molar-refractivity contribution is 6.32. The highest BCUT2D eigenvalue weighted by Crippen LogP contribution is 2.26. The first-order valence-electron chi connectivity index (χ1n) is 4.78. The maximum atomic E-state index is 13.2. The van der Waals surface area contributed by atoms with E-state index < -0.39 is 12.3 Å². The highest BCUT2D eigenvalue weighted by atomic mass is 35.5. The number of hydrogen-bond donors (Lipinski definition) is 0. The number of aryl methyl sites for hydroxylation is 1. The summed E-state index contributed by atoms with van der Waals surface area (Å²) in [5, 5.41) is 0.248. The second kappa shape index (κ2) is 5.70. The van der Waals surface area contributed by atoms with E-state index in [0.717, 1.165) is 5.56 Å². The van der Waals surface area contributed by atoms with E-state index in [9.17, 15) is 9.18 Å². The number of hydrogen-bond acceptors (Lipinski definition) is 3. The second-order valence-electron chi connectivity index (χ2n) is 3.12. The average Bonchev–Trinajstić information content (AvgIpc) is 2.23. The maximum Gasteiger partial charge on any atom is 0.381 e. The lowest BCUT2D eigenvalue weighted by Crippen LogP contribution is -2.24. The van der Waals surface area contributed by atoms with Gasteiger partial charge in [0.2, 0.25) is 0 Å². The number of esters is 1. The first-order chi connectivity index (χ1) is 7.54. The van der Waals surface area contributed by atoms with E-state index in [0.29, 0.717) is 0 Å². The molecule has 0 aliphatic heterocycles. The van der Waals surface area contributed by atoms with Crippen LogP contribution in [0.25, 0.3) is 0 Å². The van der Waals surface area contributed by atoms with Gasteiger partial charge in [0, 0.05) is 0 Å². The maximum absolute atomic E-state index is 13.2. The van der Waals surface area contributed by atoms with Crippen molar-refractivity contribution in [2.24, 2.45) is 0 Å². The number of carbonyl (C=O) groups excluding carboxylic acids is 1. The first-order valence-corrected chi connectivity index (χ1v) is 5.16. The van der Waals surface area contributed by atoms with Gasteiger partial charge in [-0.15, -0.1) is 0 Å². The third-order valence-corrected chi connectivity index (χ3v) is 2.10. The number of benzene rings is 1. The molecule has 88 valence electrons. The van der Waals surface area contributed by atoms with Crippen molar-refractivity contribution in [3.63, 3.8) is 0 Å². The fourth-order valence-electron chi connectivity index (χ4n) is 1.07. The lowest BCUT2D eigenvalue weighted by Gasteiger charge is -2.11. The molecular formula is C11H12ClFO3. The topological polar surface area (TPSA) is 35.5 Å². The van der Waals surface area contributed by atoms with Gasteiger partial charge in [-0.2, -0.15) is 4.39 Å². The van der Waals surface area contributed by atoms with Crippen LogP contribution in [0.3, 0.4) is 0 Å². The lowest BCUT2D eigenvalue weighted by atomic mass is 10.2. The standard InChI is InChI=1S/C11H12ClFO3/c1-3-15-11(14)10(13)16-9-6-7(2)4-5-8(9)12/h4-6,10H,3H2,1-2H3. The normalized spacial score (nSPS) is 12.0. The zero-order valence-electron chi connectivity index (χ0n) is 9.00. The van der Waals surface area contributed by atoms with Crippen molar-refractivity contribution in [1.82, 2.24) is 0 Å². The quantitative estimate of drug-likeness (QED) is 0.767. The van der Waals surface area contributed by atoms with Crippen LogP contribution in [0.5, 0.6) is 5.75 Å². The van der Waals surface area contributed by atoms with E-state index in [4.69, 9.17) is 16.3 Å². The van der Waals surface area contributed by atoms with Crippen LogP contribution in [-0.4, -0.2) is 18.9 Å². The molecule has 5 heteroatoms. The molecule has 0 bridgehead atoms. The van der Waals surface area contributed by atoms with Crippen molar-refractivity contribution in [3.05, 3.63) is 28.8 Å². The minimum absolute atomic E-state index is 0.101. The fourth-order valence-corrected chi connectivity index (χ4v) is 1.23. The van der Waals surface area contributed by atoms with Gasteiger partial charge in [-0.05, 0) is 31.5 Å². The summed E-state index contributed by atoms with van der Waals surface area (Å²) in [6, 6.07) is 4.88. The predicted octanol–water partition coefficient (Wildman–Crippen LogP) is 2.89. The zero-order valence-corrected chi connectivity index (χ0v) is 9.75. The van der Waals surface area contributed by atoms with Crippen LogP contribution in [0.4, 0.5) is 4.39 Å². The van der Waals surface area contributed by atoms with Crippen LogP contribution in [-0.2, 0) is 9.53 Å². The Kier molecular flexibility index (Phi) is 4.55. The van der Waals surface area contributed by atoms with Crippen molar-refractivity contribution in [1.29, 1.82) is 0 Å². The molecule has 1 rings (SSSR count). The Balaban J connectivity index is 2.72. The van der Waals surface area contributed by atoms with Gasteiger partial charge >= 0.3 is 12.3 Å². The smallest absolute Gasteiger partial charge is 0.381 e. The molecule has 0 aliphatic carbocycles. The van der Waals surface area contributed by atoms with E-state index >= 15 is 0 Å². The average molecular weight is 247 g/mol. The van der Waals surface area contributed by atoms with Crippen LogP contribution in [0, 0.1) is 6.92 Å². The number of carbonyl (C=O) groups is 1. The molecule has 0 amide bonds. The molecule has 3 nitrogen and oxygen atoms in total. The minimum Gasteiger partial charge on any atom is -0.461 e. The number of rotatable bonds is 4. The molecule has 16 heavy (non-hydrogen) atoms. The number of ether oxygens (including phenoxy) is 2. The molecule has 0 aromatic heterocycles. The third-order valence-electron chi connectivity index (χ3n) is 1.79. The Morgan fingerprint density at radius 2 is 2.25 bits per heavy atom. The zero-order chi connectivity index (χ0) is 12.1. The van der Waals surface area contributed by atoms with Gasteiger partial charge in [0.05, 0.1) is 11.6 Å². The lowest BCUT2D eigenvalue weighted by molar-refractivity contribution is -0.159. The van der Waals surface area contributed by atoms with Gasteiger partial charge in [0.25, 0.3) is 0 Å². The Morgan fingerprint density at radius 3 is 2.88 bits per heavy atom. The minimum atomic E-state index is -2.15. The van der Waals surface area contributed by atoms with Crippen molar-refractivity contribution in [2.75, 3.05) is 6.61 Å². The summed E-state index contributed by atoms with van der Waals surface area (Å²) in [6.45, 7) is 3.50. The molecular weight excluding hydrogens is 235 g/mol. The molecule has 1 unspecified atom stereocenters. The molecule has 0 saturated heterocycles. The summed E-state index contributed by atoms with van der Waals surface area (Å²) in [6.07, 6.45) is -2.15. The Morgan fingerprint density at radius 1 is 1.56 bits per heavy atom. The fraction of sp³-hybridized carbons (Fsp3) is 0.364. The molecule has 0 spiro atoms. The van der Waals surface area contributed by atoms with E-state index in [1.165, 1.54) is 0 Å². The molecule has 1 atom stereocenters. The predicted molar refractivity (Wildman–Crippen MR) is 58.3 cm³/mol. The van der Waals surface area contributed by atoms with Crippen molar-refractivity contribution in [3.8, 4) is 5.75 Å².